The highest BCUT2D eigenvalue weighted by Gasteiger charge is 2.40. The Morgan fingerprint density at radius 3 is 2.21 bits per heavy atom. The molecule has 4 heteroatoms. The quantitative estimate of drug-likeness (QED) is 0.728. The number of rotatable bonds is 7. The Kier molecular flexibility index (Phi) is 7.14. The Bertz CT molecular complexity index is 558. The van der Waals surface area contributed by atoms with Gasteiger partial charge in [-0.25, -0.2) is 0 Å². The summed E-state index contributed by atoms with van der Waals surface area (Å²) in [6.07, 6.45) is 2.20. The first-order chi connectivity index (χ1) is 11.0. The van der Waals surface area contributed by atoms with Crippen LogP contribution in [0.3, 0.4) is 0 Å². The molecule has 0 aliphatic rings. The van der Waals surface area contributed by atoms with Gasteiger partial charge in [-0.15, -0.1) is 0 Å². The summed E-state index contributed by atoms with van der Waals surface area (Å²) in [5.41, 5.74) is 1.00. The van der Waals surface area contributed by atoms with Crippen molar-refractivity contribution >= 4 is 20.2 Å². The minimum Gasteiger partial charge on any atom is -0.407 e. The van der Waals surface area contributed by atoms with E-state index in [2.05, 4.69) is 33.9 Å². The number of ketones is 1. The van der Waals surface area contributed by atoms with E-state index in [-0.39, 0.29) is 10.8 Å². The molecule has 0 bridgehead atoms. The summed E-state index contributed by atoms with van der Waals surface area (Å²) < 4.78 is 6.15. The van der Waals surface area contributed by atoms with E-state index in [4.69, 9.17) is 4.43 Å². The molecule has 0 spiro atoms. The number of hydrogen-bond donors (Lipinski definition) is 1. The molecule has 1 rings (SSSR count). The second-order valence-corrected chi connectivity index (χ2v) is 12.7. The van der Waals surface area contributed by atoms with Crippen LogP contribution in [0.4, 0.5) is 0 Å². The molecular weight excluding hydrogens is 316 g/mol. The molecule has 3 nitrogen and oxygen atoms in total. The molecule has 0 saturated carbocycles. The maximum Gasteiger partial charge on any atom is 0.193 e. The van der Waals surface area contributed by atoms with Gasteiger partial charge in [0.2, 0.25) is 0 Å². The van der Waals surface area contributed by atoms with E-state index >= 15 is 0 Å². The molecule has 1 aromatic rings. The minimum atomic E-state index is -2.00. The van der Waals surface area contributed by atoms with Crippen molar-refractivity contribution in [2.24, 2.45) is 5.92 Å². The van der Waals surface area contributed by atoms with Gasteiger partial charge >= 0.3 is 0 Å². The first kappa shape index (κ1) is 20.8. The molecule has 1 aromatic carbocycles. The van der Waals surface area contributed by atoms with Crippen molar-refractivity contribution in [1.29, 1.82) is 0 Å². The normalized spacial score (nSPS) is 16.8. The average Bonchev–Trinajstić information content (AvgIpc) is 2.50. The molecule has 1 N–H and O–H groups in total. The van der Waals surface area contributed by atoms with Gasteiger partial charge < -0.3 is 9.53 Å². The fourth-order valence-electron chi connectivity index (χ4n) is 2.16. The lowest BCUT2D eigenvalue weighted by Gasteiger charge is -2.38. The Morgan fingerprint density at radius 1 is 1.17 bits per heavy atom. The van der Waals surface area contributed by atoms with Crippen molar-refractivity contribution in [2.75, 3.05) is 0 Å². The van der Waals surface area contributed by atoms with Gasteiger partial charge in [0.05, 0.1) is 6.10 Å². The van der Waals surface area contributed by atoms with E-state index in [0.29, 0.717) is 0 Å². The topological polar surface area (TPSA) is 46.5 Å². The first-order valence-corrected chi connectivity index (χ1v) is 11.5. The molecule has 0 heterocycles. The molecule has 0 unspecified atom stereocenters. The molecule has 0 aromatic heterocycles. The van der Waals surface area contributed by atoms with Gasteiger partial charge in [-0.3, -0.25) is 4.79 Å². The van der Waals surface area contributed by atoms with Gasteiger partial charge in [0, 0.05) is 5.92 Å². The summed E-state index contributed by atoms with van der Waals surface area (Å²) in [6.45, 7) is 14.3. The summed E-state index contributed by atoms with van der Waals surface area (Å²) in [5, 5.41) is 10.4. The largest absolute Gasteiger partial charge is 0.407 e. The second-order valence-electron chi connectivity index (χ2n) is 7.97. The van der Waals surface area contributed by atoms with Crippen LogP contribution < -0.4 is 0 Å². The Hall–Kier alpha value is -1.23. The first-order valence-electron chi connectivity index (χ1n) is 8.58. The Balaban J connectivity index is 2.70. The highest BCUT2D eigenvalue weighted by atomic mass is 28.4. The number of aliphatic hydroxyl groups excluding tert-OH is 1. The second kappa shape index (κ2) is 8.23. The predicted octanol–water partition coefficient (Wildman–Crippen LogP) is 4.68. The molecule has 24 heavy (non-hydrogen) atoms. The van der Waals surface area contributed by atoms with Crippen LogP contribution in [-0.2, 0) is 9.22 Å². The molecule has 0 aliphatic carbocycles. The van der Waals surface area contributed by atoms with E-state index in [9.17, 15) is 9.90 Å². The standard InChI is InChI=1S/C20H32O3Si/c1-15(18(21)14-13-17-11-9-8-10-12-17)19(22)16(2)23-24(6,7)20(3,4)5/h8-16,18,21H,1-7H3/b14-13+/t15-,16+,18+/m1/s1. The van der Waals surface area contributed by atoms with Crippen LogP contribution in [0.15, 0.2) is 36.4 Å². The van der Waals surface area contributed by atoms with Gasteiger partial charge in [-0.2, -0.15) is 0 Å². The van der Waals surface area contributed by atoms with Gasteiger partial charge in [-0.05, 0) is 30.6 Å². The van der Waals surface area contributed by atoms with Gasteiger partial charge in [0.1, 0.15) is 6.10 Å². The summed E-state index contributed by atoms with van der Waals surface area (Å²) in [5.74, 6) is -0.547. The number of carbonyl (C=O) groups excluding carboxylic acids is 1. The van der Waals surface area contributed by atoms with E-state index in [1.54, 1.807) is 19.9 Å². The molecule has 0 saturated heterocycles. The van der Waals surface area contributed by atoms with Crippen LogP contribution in [0.25, 0.3) is 6.08 Å². The molecule has 0 radical (unpaired) electrons. The highest BCUT2D eigenvalue weighted by molar-refractivity contribution is 6.74. The number of Topliss-reactive ketones (excluding diaryl/α,β-unsaturated/α-hetero) is 1. The van der Waals surface area contributed by atoms with Crippen molar-refractivity contribution in [1.82, 2.24) is 0 Å². The number of hydrogen-bond acceptors (Lipinski definition) is 3. The maximum absolute atomic E-state index is 12.6. The molecule has 0 fully saturated rings. The van der Waals surface area contributed by atoms with Gasteiger partial charge in [-0.1, -0.05) is 70.2 Å². The Morgan fingerprint density at radius 2 is 1.71 bits per heavy atom. The molecule has 3 atom stereocenters. The summed E-state index contributed by atoms with van der Waals surface area (Å²) in [7, 11) is -2.00. The van der Waals surface area contributed by atoms with E-state index in [1.165, 1.54) is 0 Å². The molecule has 0 amide bonds. The van der Waals surface area contributed by atoms with Crippen molar-refractivity contribution in [2.45, 2.75) is 65.0 Å². The summed E-state index contributed by atoms with van der Waals surface area (Å²) in [4.78, 5) is 12.6. The van der Waals surface area contributed by atoms with Crippen LogP contribution in [0.1, 0.15) is 40.2 Å². The monoisotopic (exact) mass is 348 g/mol. The lowest BCUT2D eigenvalue weighted by atomic mass is 9.96. The van der Waals surface area contributed by atoms with Crippen molar-refractivity contribution < 1.29 is 14.3 Å². The maximum atomic E-state index is 12.6. The fourth-order valence-corrected chi connectivity index (χ4v) is 3.51. The fraction of sp³-hybridized carbons (Fsp3) is 0.550. The number of carbonyl (C=O) groups is 1. The van der Waals surface area contributed by atoms with Crippen molar-refractivity contribution in [3.8, 4) is 0 Å². The van der Waals surface area contributed by atoms with E-state index in [0.717, 1.165) is 5.56 Å². The van der Waals surface area contributed by atoms with Crippen LogP contribution in [0, 0.1) is 5.92 Å². The summed E-state index contributed by atoms with van der Waals surface area (Å²) >= 11 is 0. The zero-order chi connectivity index (χ0) is 18.5. The summed E-state index contributed by atoms with van der Waals surface area (Å²) in [6, 6.07) is 9.74. The van der Waals surface area contributed by atoms with Crippen LogP contribution in [0.5, 0.6) is 0 Å². The third-order valence-electron chi connectivity index (χ3n) is 4.92. The van der Waals surface area contributed by atoms with Crippen LogP contribution >= 0.6 is 0 Å². The molecule has 134 valence electrons. The highest BCUT2D eigenvalue weighted by Crippen LogP contribution is 2.37. The zero-order valence-electron chi connectivity index (χ0n) is 16.0. The van der Waals surface area contributed by atoms with Crippen molar-refractivity contribution in [3.05, 3.63) is 42.0 Å². The SMILES string of the molecule is C[C@H](O[Si](C)(C)C(C)(C)C)C(=O)[C@H](C)[C@@H](O)/C=C/c1ccccc1. The third kappa shape index (κ3) is 5.69. The van der Waals surface area contributed by atoms with Gasteiger partial charge in [0.15, 0.2) is 14.1 Å². The zero-order valence-corrected chi connectivity index (χ0v) is 17.0. The molecular formula is C20H32O3Si. The smallest absolute Gasteiger partial charge is 0.193 e. The van der Waals surface area contributed by atoms with Crippen LogP contribution in [-0.4, -0.2) is 31.4 Å². The predicted molar refractivity (Wildman–Crippen MR) is 103 cm³/mol. The lowest BCUT2D eigenvalue weighted by Crippen LogP contribution is -2.46. The van der Waals surface area contributed by atoms with Crippen LogP contribution in [0.2, 0.25) is 18.1 Å². The number of benzene rings is 1. The average molecular weight is 349 g/mol. The lowest BCUT2D eigenvalue weighted by molar-refractivity contribution is -0.131. The van der Waals surface area contributed by atoms with E-state index < -0.39 is 26.4 Å². The van der Waals surface area contributed by atoms with E-state index in [1.807, 2.05) is 36.4 Å². The molecule has 0 aliphatic heterocycles. The van der Waals surface area contributed by atoms with Crippen molar-refractivity contribution in [3.63, 3.8) is 0 Å². The third-order valence-corrected chi connectivity index (χ3v) is 9.48. The minimum absolute atomic E-state index is 0.0509. The van der Waals surface area contributed by atoms with Gasteiger partial charge in [0.25, 0.3) is 0 Å². The number of aliphatic hydroxyl groups is 1. The Labute approximate surface area is 147 Å².